The first kappa shape index (κ1) is 10.9. The van der Waals surface area contributed by atoms with Gasteiger partial charge < -0.3 is 5.11 Å². The molecule has 1 unspecified atom stereocenters. The minimum atomic E-state index is -0.562. The molecule has 3 aromatic rings. The van der Waals surface area contributed by atoms with Gasteiger partial charge in [-0.2, -0.15) is 0 Å². The summed E-state index contributed by atoms with van der Waals surface area (Å²) in [5.41, 5.74) is 1.86. The second-order valence-electron chi connectivity index (χ2n) is 3.92. The Morgan fingerprint density at radius 3 is 2.94 bits per heavy atom. The monoisotopic (exact) mass is 261 g/mol. The molecule has 86 valence electrons. The van der Waals surface area contributed by atoms with Crippen LogP contribution in [0, 0.1) is 6.92 Å². The lowest BCUT2D eigenvalue weighted by atomic mass is 10.1. The maximum Gasteiger partial charge on any atom is 0.115 e. The highest BCUT2D eigenvalue weighted by Gasteiger charge is 2.13. The van der Waals surface area contributed by atoms with E-state index in [-0.39, 0.29) is 0 Å². The van der Waals surface area contributed by atoms with Gasteiger partial charge in [0, 0.05) is 21.5 Å². The Morgan fingerprint density at radius 2 is 2.18 bits per heavy atom. The van der Waals surface area contributed by atoms with Crippen molar-refractivity contribution in [2.45, 2.75) is 13.0 Å². The van der Waals surface area contributed by atoms with E-state index in [4.69, 9.17) is 0 Å². The van der Waals surface area contributed by atoms with Gasteiger partial charge >= 0.3 is 0 Å². The quantitative estimate of drug-likeness (QED) is 0.762. The molecule has 0 spiro atoms. The van der Waals surface area contributed by atoms with E-state index in [9.17, 15) is 5.11 Å². The standard InChI is InChI=1S/C13H11NOS2/c1-8-2-3-11(17-8)13(15)9-6-12-10(14-7-9)4-5-16-12/h2-7,13,15H,1H3. The summed E-state index contributed by atoms with van der Waals surface area (Å²) in [6, 6.07) is 8.02. The maximum absolute atomic E-state index is 10.3. The van der Waals surface area contributed by atoms with Crippen molar-refractivity contribution in [3.8, 4) is 0 Å². The van der Waals surface area contributed by atoms with Gasteiger partial charge in [-0.3, -0.25) is 4.98 Å². The van der Waals surface area contributed by atoms with Crippen molar-refractivity contribution in [1.29, 1.82) is 0 Å². The molecule has 0 amide bonds. The van der Waals surface area contributed by atoms with Crippen molar-refractivity contribution in [1.82, 2.24) is 4.98 Å². The van der Waals surface area contributed by atoms with Gasteiger partial charge in [0.25, 0.3) is 0 Å². The van der Waals surface area contributed by atoms with Crippen molar-refractivity contribution in [2.24, 2.45) is 0 Å². The molecule has 1 atom stereocenters. The molecule has 0 fully saturated rings. The number of aromatic nitrogens is 1. The average molecular weight is 261 g/mol. The van der Waals surface area contributed by atoms with Crippen molar-refractivity contribution >= 4 is 32.9 Å². The van der Waals surface area contributed by atoms with Gasteiger partial charge in [-0.1, -0.05) is 0 Å². The molecule has 4 heteroatoms. The zero-order valence-electron chi connectivity index (χ0n) is 9.25. The second kappa shape index (κ2) is 4.22. The number of hydrogen-bond acceptors (Lipinski definition) is 4. The van der Waals surface area contributed by atoms with Crippen LogP contribution < -0.4 is 0 Å². The first-order valence-corrected chi connectivity index (χ1v) is 7.01. The van der Waals surface area contributed by atoms with E-state index in [2.05, 4.69) is 4.98 Å². The van der Waals surface area contributed by atoms with E-state index in [1.165, 1.54) is 4.88 Å². The normalized spacial score (nSPS) is 13.1. The van der Waals surface area contributed by atoms with Crippen molar-refractivity contribution in [3.05, 3.63) is 51.2 Å². The zero-order chi connectivity index (χ0) is 11.8. The third kappa shape index (κ3) is 1.99. The Balaban J connectivity index is 2.02. The molecule has 3 aromatic heterocycles. The van der Waals surface area contributed by atoms with Crippen LogP contribution in [-0.2, 0) is 0 Å². The lowest BCUT2D eigenvalue weighted by Crippen LogP contribution is -1.97. The molecule has 0 aliphatic rings. The van der Waals surface area contributed by atoms with Gasteiger partial charge in [0.2, 0.25) is 0 Å². The summed E-state index contributed by atoms with van der Waals surface area (Å²) in [6.07, 6.45) is 1.20. The fourth-order valence-corrected chi connectivity index (χ4v) is 3.46. The van der Waals surface area contributed by atoms with Crippen LogP contribution in [0.2, 0.25) is 0 Å². The molecular weight excluding hydrogens is 250 g/mol. The smallest absolute Gasteiger partial charge is 0.115 e. The molecule has 1 N–H and O–H groups in total. The minimum Gasteiger partial charge on any atom is -0.383 e. The number of aliphatic hydroxyl groups excluding tert-OH is 1. The Bertz CT molecular complexity index is 656. The number of aryl methyl sites for hydroxylation is 1. The Labute approximate surface area is 107 Å². The first-order chi connectivity index (χ1) is 8.24. The highest BCUT2D eigenvalue weighted by molar-refractivity contribution is 7.17. The van der Waals surface area contributed by atoms with Crippen LogP contribution >= 0.6 is 22.7 Å². The van der Waals surface area contributed by atoms with E-state index in [0.29, 0.717) is 0 Å². The van der Waals surface area contributed by atoms with E-state index < -0.39 is 6.10 Å². The molecule has 3 heterocycles. The summed E-state index contributed by atoms with van der Waals surface area (Å²) in [5.74, 6) is 0. The Morgan fingerprint density at radius 1 is 1.29 bits per heavy atom. The predicted molar refractivity (Wildman–Crippen MR) is 72.7 cm³/mol. The summed E-state index contributed by atoms with van der Waals surface area (Å²) in [7, 11) is 0. The molecule has 0 aliphatic carbocycles. The number of fused-ring (bicyclic) bond motifs is 1. The molecule has 3 rings (SSSR count). The fourth-order valence-electron chi connectivity index (χ4n) is 1.78. The van der Waals surface area contributed by atoms with Crippen LogP contribution in [0.15, 0.2) is 35.8 Å². The topological polar surface area (TPSA) is 33.1 Å². The lowest BCUT2D eigenvalue weighted by Gasteiger charge is -2.08. The predicted octanol–water partition coefficient (Wildman–Crippen LogP) is 3.75. The van der Waals surface area contributed by atoms with Crippen molar-refractivity contribution in [3.63, 3.8) is 0 Å². The summed E-state index contributed by atoms with van der Waals surface area (Å²) in [6.45, 7) is 2.04. The van der Waals surface area contributed by atoms with Gasteiger partial charge in [0.15, 0.2) is 0 Å². The van der Waals surface area contributed by atoms with E-state index in [0.717, 1.165) is 20.7 Å². The third-order valence-electron chi connectivity index (χ3n) is 2.67. The molecule has 0 saturated carbocycles. The molecule has 0 saturated heterocycles. The van der Waals surface area contributed by atoms with Crippen LogP contribution in [0.25, 0.3) is 10.2 Å². The van der Waals surface area contributed by atoms with Crippen LogP contribution in [0.1, 0.15) is 21.4 Å². The maximum atomic E-state index is 10.3. The summed E-state index contributed by atoms with van der Waals surface area (Å²) >= 11 is 3.27. The van der Waals surface area contributed by atoms with Crippen LogP contribution in [0.4, 0.5) is 0 Å². The van der Waals surface area contributed by atoms with Gasteiger partial charge in [0.05, 0.1) is 10.2 Å². The molecule has 2 nitrogen and oxygen atoms in total. The number of aliphatic hydroxyl groups is 1. The number of thiophene rings is 2. The van der Waals surface area contributed by atoms with Crippen LogP contribution in [0.3, 0.4) is 0 Å². The number of nitrogens with zero attached hydrogens (tertiary/aromatic N) is 1. The Kier molecular flexibility index (Phi) is 2.70. The molecule has 0 aliphatic heterocycles. The van der Waals surface area contributed by atoms with Gasteiger partial charge in [0.1, 0.15) is 6.10 Å². The fraction of sp³-hybridized carbons (Fsp3) is 0.154. The first-order valence-electron chi connectivity index (χ1n) is 5.31. The SMILES string of the molecule is Cc1ccc(C(O)c2cnc3ccsc3c2)s1. The summed E-state index contributed by atoms with van der Waals surface area (Å²) < 4.78 is 1.12. The molecule has 17 heavy (non-hydrogen) atoms. The van der Waals surface area contributed by atoms with E-state index in [1.54, 1.807) is 28.9 Å². The summed E-state index contributed by atoms with van der Waals surface area (Å²) in [5, 5.41) is 12.3. The highest BCUT2D eigenvalue weighted by atomic mass is 32.1. The van der Waals surface area contributed by atoms with Crippen molar-refractivity contribution < 1.29 is 5.11 Å². The van der Waals surface area contributed by atoms with Gasteiger partial charge in [-0.05, 0) is 36.6 Å². The molecule has 0 aromatic carbocycles. The highest BCUT2D eigenvalue weighted by Crippen LogP contribution is 2.30. The third-order valence-corrected chi connectivity index (χ3v) is 4.58. The van der Waals surface area contributed by atoms with Crippen LogP contribution in [-0.4, -0.2) is 10.1 Å². The number of rotatable bonds is 2. The van der Waals surface area contributed by atoms with Crippen molar-refractivity contribution in [2.75, 3.05) is 0 Å². The average Bonchev–Trinajstić information content (AvgIpc) is 2.95. The second-order valence-corrected chi connectivity index (χ2v) is 6.19. The van der Waals surface area contributed by atoms with E-state index in [1.807, 2.05) is 36.6 Å². The number of pyridine rings is 1. The molecular formula is C13H11NOS2. The molecule has 0 bridgehead atoms. The van der Waals surface area contributed by atoms with Crippen LogP contribution in [0.5, 0.6) is 0 Å². The van der Waals surface area contributed by atoms with E-state index >= 15 is 0 Å². The van der Waals surface area contributed by atoms with Gasteiger partial charge in [-0.25, -0.2) is 0 Å². The summed E-state index contributed by atoms with van der Waals surface area (Å²) in [4.78, 5) is 6.53. The largest absolute Gasteiger partial charge is 0.383 e. The van der Waals surface area contributed by atoms with Gasteiger partial charge in [-0.15, -0.1) is 22.7 Å². The Hall–Kier alpha value is -1.23. The zero-order valence-corrected chi connectivity index (χ0v) is 10.9. The molecule has 0 radical (unpaired) electrons. The minimum absolute atomic E-state index is 0.562. The number of hydrogen-bond donors (Lipinski definition) is 1. The lowest BCUT2D eigenvalue weighted by molar-refractivity contribution is 0.224.